The molecule has 0 aliphatic carbocycles. The standard InChI is InChI=1S/C25H22Cl2N4O/c1-32-22-8-6-18(7-9-22)25(23-29-10-3-11-31(23)24(28)30-25)19-5-2-4-16(12-19)17-13-20(26)15-21(27)14-17/h2,4-9,12-15H,3,10-11H2,1H3,(H2,28,30). The first-order valence-electron chi connectivity index (χ1n) is 10.4. The average Bonchev–Trinajstić information content (AvgIpc) is 3.12. The topological polar surface area (TPSA) is 63.2 Å². The summed E-state index contributed by atoms with van der Waals surface area (Å²) in [7, 11) is 1.66. The number of nitrogens with two attached hydrogens (primary N) is 1. The fraction of sp³-hybridized carbons (Fsp3) is 0.200. The van der Waals surface area contributed by atoms with E-state index in [1.165, 1.54) is 0 Å². The Morgan fingerprint density at radius 2 is 1.69 bits per heavy atom. The lowest BCUT2D eigenvalue weighted by atomic mass is 9.81. The first-order valence-corrected chi connectivity index (χ1v) is 11.2. The molecule has 162 valence electrons. The van der Waals surface area contributed by atoms with Crippen molar-refractivity contribution in [3.05, 3.63) is 87.9 Å². The highest BCUT2D eigenvalue weighted by Crippen LogP contribution is 2.43. The van der Waals surface area contributed by atoms with Crippen molar-refractivity contribution in [2.45, 2.75) is 12.0 Å². The number of amidine groups is 1. The van der Waals surface area contributed by atoms with Gasteiger partial charge in [0.1, 0.15) is 11.6 Å². The highest BCUT2D eigenvalue weighted by Gasteiger charge is 2.49. The van der Waals surface area contributed by atoms with Crippen molar-refractivity contribution in [2.24, 2.45) is 15.7 Å². The number of aliphatic imine (C=N–C) groups is 2. The molecule has 0 bridgehead atoms. The van der Waals surface area contributed by atoms with Crippen molar-refractivity contribution in [3.8, 4) is 16.9 Å². The number of rotatable bonds is 4. The summed E-state index contributed by atoms with van der Waals surface area (Å²) in [5, 5.41) is 1.18. The summed E-state index contributed by atoms with van der Waals surface area (Å²) < 4.78 is 5.37. The van der Waals surface area contributed by atoms with E-state index in [4.69, 9.17) is 43.7 Å². The van der Waals surface area contributed by atoms with Gasteiger partial charge in [-0.15, -0.1) is 0 Å². The smallest absolute Gasteiger partial charge is 0.198 e. The molecule has 7 heteroatoms. The average molecular weight is 465 g/mol. The minimum Gasteiger partial charge on any atom is -0.497 e. The zero-order valence-electron chi connectivity index (χ0n) is 17.6. The van der Waals surface area contributed by atoms with E-state index in [2.05, 4.69) is 12.1 Å². The number of benzene rings is 3. The summed E-state index contributed by atoms with van der Waals surface area (Å²) >= 11 is 12.5. The number of hydrogen-bond donors (Lipinski definition) is 1. The summed E-state index contributed by atoms with van der Waals surface area (Å²) in [4.78, 5) is 11.9. The van der Waals surface area contributed by atoms with Crippen LogP contribution in [0.3, 0.4) is 0 Å². The number of hydrogen-bond acceptors (Lipinski definition) is 5. The van der Waals surface area contributed by atoms with Crippen LogP contribution in [-0.4, -0.2) is 36.9 Å². The van der Waals surface area contributed by atoms with Crippen LogP contribution in [0.5, 0.6) is 5.75 Å². The van der Waals surface area contributed by atoms with Crippen LogP contribution < -0.4 is 10.5 Å². The van der Waals surface area contributed by atoms with Crippen molar-refractivity contribution in [1.82, 2.24) is 4.90 Å². The molecule has 1 unspecified atom stereocenters. The normalized spacial score (nSPS) is 19.9. The Bertz CT molecular complexity index is 1220. The third-order valence-corrected chi connectivity index (χ3v) is 6.36. The fourth-order valence-corrected chi connectivity index (χ4v) is 4.98. The third kappa shape index (κ3) is 3.42. The SMILES string of the molecule is COc1ccc(C2(c3cccc(-c4cc(Cl)cc(Cl)c4)c3)N=C(N)N3CCCN=C32)cc1. The van der Waals surface area contributed by atoms with Gasteiger partial charge in [-0.25, -0.2) is 4.99 Å². The van der Waals surface area contributed by atoms with Crippen molar-refractivity contribution < 1.29 is 4.74 Å². The second-order valence-electron chi connectivity index (χ2n) is 7.86. The zero-order chi connectivity index (χ0) is 22.3. The van der Waals surface area contributed by atoms with Gasteiger partial charge in [-0.2, -0.15) is 0 Å². The van der Waals surface area contributed by atoms with Crippen LogP contribution in [0, 0.1) is 0 Å². The van der Waals surface area contributed by atoms with Crippen LogP contribution in [-0.2, 0) is 5.54 Å². The van der Waals surface area contributed by atoms with Crippen LogP contribution in [0.25, 0.3) is 11.1 Å². The first kappa shape index (κ1) is 20.9. The predicted molar refractivity (Wildman–Crippen MR) is 131 cm³/mol. The largest absolute Gasteiger partial charge is 0.497 e. The molecule has 0 amide bonds. The monoisotopic (exact) mass is 464 g/mol. The van der Waals surface area contributed by atoms with Gasteiger partial charge < -0.3 is 10.5 Å². The molecule has 0 saturated carbocycles. The van der Waals surface area contributed by atoms with Crippen molar-refractivity contribution in [2.75, 3.05) is 20.2 Å². The minimum atomic E-state index is -0.838. The van der Waals surface area contributed by atoms with Gasteiger partial charge >= 0.3 is 0 Å². The van der Waals surface area contributed by atoms with Crippen molar-refractivity contribution >= 4 is 35.0 Å². The molecule has 32 heavy (non-hydrogen) atoms. The van der Waals surface area contributed by atoms with E-state index in [0.717, 1.165) is 53.3 Å². The van der Waals surface area contributed by atoms with Gasteiger partial charge in [0.25, 0.3) is 0 Å². The van der Waals surface area contributed by atoms with E-state index < -0.39 is 5.54 Å². The van der Waals surface area contributed by atoms with Gasteiger partial charge in [-0.05, 0) is 65.1 Å². The van der Waals surface area contributed by atoms with E-state index in [1.807, 2.05) is 53.4 Å². The maximum absolute atomic E-state index is 6.42. The molecule has 2 aliphatic rings. The number of fused-ring (bicyclic) bond motifs is 1. The van der Waals surface area contributed by atoms with E-state index in [9.17, 15) is 0 Å². The molecule has 1 atom stereocenters. The van der Waals surface area contributed by atoms with Gasteiger partial charge in [0, 0.05) is 23.1 Å². The summed E-state index contributed by atoms with van der Waals surface area (Å²) in [6, 6.07) is 21.7. The van der Waals surface area contributed by atoms with Gasteiger partial charge in [0.2, 0.25) is 0 Å². The summed E-state index contributed by atoms with van der Waals surface area (Å²) in [6.45, 7) is 1.55. The molecule has 2 N–H and O–H groups in total. The van der Waals surface area contributed by atoms with Crippen LogP contribution >= 0.6 is 23.2 Å². The van der Waals surface area contributed by atoms with E-state index in [0.29, 0.717) is 16.0 Å². The van der Waals surface area contributed by atoms with Crippen LogP contribution in [0.2, 0.25) is 10.0 Å². The lowest BCUT2D eigenvalue weighted by molar-refractivity contribution is 0.414. The number of methoxy groups -OCH3 is 1. The summed E-state index contributed by atoms with van der Waals surface area (Å²) in [6.07, 6.45) is 0.944. The summed E-state index contributed by atoms with van der Waals surface area (Å²) in [5.41, 5.74) is 9.46. The molecule has 0 aromatic heterocycles. The summed E-state index contributed by atoms with van der Waals surface area (Å²) in [5.74, 6) is 2.12. The maximum atomic E-state index is 6.42. The molecule has 0 fully saturated rings. The van der Waals surface area contributed by atoms with Gasteiger partial charge in [-0.3, -0.25) is 9.89 Å². The molecule has 0 radical (unpaired) electrons. The van der Waals surface area contributed by atoms with Crippen LogP contribution in [0.15, 0.2) is 76.7 Å². The minimum absolute atomic E-state index is 0.482. The lowest BCUT2D eigenvalue weighted by Crippen LogP contribution is -2.46. The van der Waals surface area contributed by atoms with Gasteiger partial charge in [0.15, 0.2) is 11.5 Å². The Balaban J connectivity index is 1.73. The zero-order valence-corrected chi connectivity index (χ0v) is 19.1. The molecule has 2 aliphatic heterocycles. The van der Waals surface area contributed by atoms with Crippen molar-refractivity contribution in [1.29, 1.82) is 0 Å². The number of guanidine groups is 1. The number of nitrogens with zero attached hydrogens (tertiary/aromatic N) is 3. The Morgan fingerprint density at radius 1 is 0.938 bits per heavy atom. The Labute approximate surface area is 197 Å². The van der Waals surface area contributed by atoms with E-state index in [1.54, 1.807) is 13.2 Å². The number of ether oxygens (including phenoxy) is 1. The van der Waals surface area contributed by atoms with Crippen LogP contribution in [0.1, 0.15) is 17.5 Å². The molecule has 5 nitrogen and oxygen atoms in total. The Hall–Kier alpha value is -3.02. The molecule has 5 rings (SSSR count). The molecule has 0 spiro atoms. The lowest BCUT2D eigenvalue weighted by Gasteiger charge is -2.33. The molecule has 3 aromatic carbocycles. The van der Waals surface area contributed by atoms with E-state index in [-0.39, 0.29) is 0 Å². The highest BCUT2D eigenvalue weighted by atomic mass is 35.5. The quantitative estimate of drug-likeness (QED) is 0.566. The van der Waals surface area contributed by atoms with Gasteiger partial charge in [0.05, 0.1) is 7.11 Å². The predicted octanol–water partition coefficient (Wildman–Crippen LogP) is 5.35. The van der Waals surface area contributed by atoms with E-state index >= 15 is 0 Å². The first-order chi connectivity index (χ1) is 15.5. The Morgan fingerprint density at radius 3 is 2.41 bits per heavy atom. The molecular formula is C25H22Cl2N4O. The molecule has 0 saturated heterocycles. The number of halogens is 2. The fourth-order valence-electron chi connectivity index (χ4n) is 4.45. The second-order valence-corrected chi connectivity index (χ2v) is 8.73. The molecule has 2 heterocycles. The van der Waals surface area contributed by atoms with Gasteiger partial charge in [-0.1, -0.05) is 53.5 Å². The second kappa shape index (κ2) is 8.15. The Kier molecular flexibility index (Phi) is 5.31. The van der Waals surface area contributed by atoms with Crippen LogP contribution in [0.4, 0.5) is 0 Å². The molecule has 3 aromatic rings. The van der Waals surface area contributed by atoms with Crippen molar-refractivity contribution in [3.63, 3.8) is 0 Å². The molecular weight excluding hydrogens is 443 g/mol. The highest BCUT2D eigenvalue weighted by molar-refractivity contribution is 6.35. The maximum Gasteiger partial charge on any atom is 0.198 e. The third-order valence-electron chi connectivity index (χ3n) is 5.92.